The fourth-order valence-corrected chi connectivity index (χ4v) is 2.92. The van der Waals surface area contributed by atoms with E-state index in [1.54, 1.807) is 0 Å². The summed E-state index contributed by atoms with van der Waals surface area (Å²) < 4.78 is 13.8. The standard InChI is InChI=1S/C12H15ClN4OS/c13-9-1-2-10-12(16-19-15-10)11(9)14-3-4-17-5-7-18-8-6-17/h1-2,14H,3-8H2. The van der Waals surface area contributed by atoms with E-state index in [1.165, 1.54) is 11.7 Å². The van der Waals surface area contributed by atoms with E-state index in [9.17, 15) is 0 Å². The van der Waals surface area contributed by atoms with Crippen molar-refractivity contribution in [3.8, 4) is 0 Å². The van der Waals surface area contributed by atoms with Crippen molar-refractivity contribution >= 4 is 40.0 Å². The first kappa shape index (κ1) is 13.1. The minimum atomic E-state index is 0.696. The number of fused-ring (bicyclic) bond motifs is 1. The van der Waals surface area contributed by atoms with E-state index in [4.69, 9.17) is 16.3 Å². The summed E-state index contributed by atoms with van der Waals surface area (Å²) in [7, 11) is 0. The van der Waals surface area contributed by atoms with Gasteiger partial charge in [-0.05, 0) is 12.1 Å². The van der Waals surface area contributed by atoms with Crippen LogP contribution in [0.5, 0.6) is 0 Å². The number of rotatable bonds is 4. The van der Waals surface area contributed by atoms with Crippen molar-refractivity contribution in [3.63, 3.8) is 0 Å². The molecule has 0 spiro atoms. The highest BCUT2D eigenvalue weighted by atomic mass is 35.5. The average Bonchev–Trinajstić information content (AvgIpc) is 2.91. The molecule has 2 aromatic rings. The third-order valence-electron chi connectivity index (χ3n) is 3.21. The lowest BCUT2D eigenvalue weighted by Gasteiger charge is -2.26. The van der Waals surface area contributed by atoms with Crippen molar-refractivity contribution in [1.82, 2.24) is 13.6 Å². The molecule has 0 bridgehead atoms. The molecule has 1 fully saturated rings. The number of hydrogen-bond donors (Lipinski definition) is 1. The number of anilines is 1. The minimum absolute atomic E-state index is 0.696. The van der Waals surface area contributed by atoms with Gasteiger partial charge in [-0.2, -0.15) is 8.75 Å². The van der Waals surface area contributed by atoms with E-state index in [0.29, 0.717) is 5.02 Å². The Balaban J connectivity index is 1.64. The van der Waals surface area contributed by atoms with Gasteiger partial charge in [-0.15, -0.1) is 0 Å². The van der Waals surface area contributed by atoms with Gasteiger partial charge in [0.05, 0.1) is 35.7 Å². The van der Waals surface area contributed by atoms with E-state index in [1.807, 2.05) is 12.1 Å². The Morgan fingerprint density at radius 2 is 2.16 bits per heavy atom. The third-order valence-corrected chi connectivity index (χ3v) is 4.07. The van der Waals surface area contributed by atoms with Gasteiger partial charge in [0.2, 0.25) is 0 Å². The van der Waals surface area contributed by atoms with Crippen LogP contribution in [-0.2, 0) is 4.74 Å². The fraction of sp³-hybridized carbons (Fsp3) is 0.500. The lowest BCUT2D eigenvalue weighted by Crippen LogP contribution is -2.39. The molecule has 1 aromatic carbocycles. The normalized spacial score (nSPS) is 16.9. The summed E-state index contributed by atoms with van der Waals surface area (Å²) in [5.41, 5.74) is 2.64. The maximum atomic E-state index is 6.22. The zero-order valence-corrected chi connectivity index (χ0v) is 12.0. The Morgan fingerprint density at radius 3 is 3.00 bits per heavy atom. The summed E-state index contributed by atoms with van der Waals surface area (Å²) in [6.45, 7) is 5.47. The summed E-state index contributed by atoms with van der Waals surface area (Å²) in [5.74, 6) is 0. The van der Waals surface area contributed by atoms with Crippen molar-refractivity contribution in [1.29, 1.82) is 0 Å². The first-order valence-electron chi connectivity index (χ1n) is 6.29. The molecular formula is C12H15ClN4OS. The van der Waals surface area contributed by atoms with E-state index in [0.717, 1.165) is 56.1 Å². The largest absolute Gasteiger partial charge is 0.381 e. The topological polar surface area (TPSA) is 50.3 Å². The second-order valence-corrected chi connectivity index (χ2v) is 5.37. The minimum Gasteiger partial charge on any atom is -0.381 e. The summed E-state index contributed by atoms with van der Waals surface area (Å²) >= 11 is 7.43. The number of hydrogen-bond acceptors (Lipinski definition) is 6. The Bertz CT molecular complexity index is 556. The first-order chi connectivity index (χ1) is 9.34. The van der Waals surface area contributed by atoms with Crippen molar-refractivity contribution in [2.75, 3.05) is 44.7 Å². The maximum Gasteiger partial charge on any atom is 0.129 e. The van der Waals surface area contributed by atoms with Crippen molar-refractivity contribution in [2.24, 2.45) is 0 Å². The second-order valence-electron chi connectivity index (χ2n) is 4.44. The van der Waals surface area contributed by atoms with Crippen LogP contribution in [-0.4, -0.2) is 53.0 Å². The molecule has 3 rings (SSSR count). The summed E-state index contributed by atoms with van der Waals surface area (Å²) in [6, 6.07) is 3.76. The fourth-order valence-electron chi connectivity index (χ4n) is 2.16. The molecule has 7 heteroatoms. The molecule has 1 aliphatic heterocycles. The maximum absolute atomic E-state index is 6.22. The highest BCUT2D eigenvalue weighted by Gasteiger charge is 2.12. The Morgan fingerprint density at radius 1 is 1.32 bits per heavy atom. The summed E-state index contributed by atoms with van der Waals surface area (Å²) in [4.78, 5) is 2.38. The van der Waals surface area contributed by atoms with E-state index in [-0.39, 0.29) is 0 Å². The lowest BCUT2D eigenvalue weighted by atomic mass is 10.2. The zero-order valence-electron chi connectivity index (χ0n) is 10.4. The van der Waals surface area contributed by atoms with Crippen molar-refractivity contribution in [2.45, 2.75) is 0 Å². The molecule has 0 unspecified atom stereocenters. The molecule has 1 saturated heterocycles. The predicted octanol–water partition coefficient (Wildman–Crippen LogP) is 2.09. The highest BCUT2D eigenvalue weighted by molar-refractivity contribution is 7.00. The predicted molar refractivity (Wildman–Crippen MR) is 78.2 cm³/mol. The molecule has 0 aliphatic carbocycles. The monoisotopic (exact) mass is 298 g/mol. The molecular weight excluding hydrogens is 284 g/mol. The van der Waals surface area contributed by atoms with Crippen LogP contribution in [0.25, 0.3) is 11.0 Å². The van der Waals surface area contributed by atoms with Gasteiger partial charge in [0.15, 0.2) is 0 Å². The number of aromatic nitrogens is 2. The number of ether oxygens (including phenoxy) is 1. The van der Waals surface area contributed by atoms with Crippen molar-refractivity contribution < 1.29 is 4.74 Å². The van der Waals surface area contributed by atoms with Gasteiger partial charge in [0, 0.05) is 26.2 Å². The quantitative estimate of drug-likeness (QED) is 0.937. The summed E-state index contributed by atoms with van der Waals surface area (Å²) in [5, 5.41) is 4.08. The SMILES string of the molecule is Clc1ccc2nsnc2c1NCCN1CCOCC1. The molecule has 102 valence electrons. The van der Waals surface area contributed by atoms with E-state index >= 15 is 0 Å². The smallest absolute Gasteiger partial charge is 0.129 e. The van der Waals surface area contributed by atoms with Gasteiger partial charge in [-0.3, -0.25) is 4.90 Å². The van der Waals surface area contributed by atoms with E-state index in [2.05, 4.69) is 19.0 Å². The molecule has 19 heavy (non-hydrogen) atoms. The second kappa shape index (κ2) is 6.00. The van der Waals surface area contributed by atoms with Gasteiger partial charge in [0.25, 0.3) is 0 Å². The molecule has 1 aliphatic rings. The van der Waals surface area contributed by atoms with Crippen LogP contribution in [0.2, 0.25) is 5.02 Å². The van der Waals surface area contributed by atoms with Gasteiger partial charge in [0.1, 0.15) is 11.0 Å². The van der Waals surface area contributed by atoms with Crippen molar-refractivity contribution in [3.05, 3.63) is 17.2 Å². The molecule has 0 radical (unpaired) electrons. The molecule has 0 saturated carbocycles. The highest BCUT2D eigenvalue weighted by Crippen LogP contribution is 2.29. The van der Waals surface area contributed by atoms with Gasteiger partial charge in [-0.25, -0.2) is 0 Å². The Hall–Kier alpha value is -0.950. The molecule has 0 atom stereocenters. The number of nitrogens with zero attached hydrogens (tertiary/aromatic N) is 3. The molecule has 2 heterocycles. The molecule has 0 amide bonds. The number of halogens is 1. The number of morpholine rings is 1. The zero-order chi connectivity index (χ0) is 13.1. The Kier molecular flexibility index (Phi) is 4.12. The summed E-state index contributed by atoms with van der Waals surface area (Å²) in [6.07, 6.45) is 0. The van der Waals surface area contributed by atoms with Crippen LogP contribution in [0, 0.1) is 0 Å². The van der Waals surface area contributed by atoms with Crippen LogP contribution in [0.15, 0.2) is 12.1 Å². The van der Waals surface area contributed by atoms with Gasteiger partial charge < -0.3 is 10.1 Å². The van der Waals surface area contributed by atoms with Crippen LogP contribution in [0.1, 0.15) is 0 Å². The average molecular weight is 299 g/mol. The van der Waals surface area contributed by atoms with E-state index < -0.39 is 0 Å². The van der Waals surface area contributed by atoms with Crippen LogP contribution in [0.3, 0.4) is 0 Å². The molecule has 1 aromatic heterocycles. The number of nitrogens with one attached hydrogen (secondary N) is 1. The Labute approximate surface area is 120 Å². The third kappa shape index (κ3) is 2.97. The molecule has 1 N–H and O–H groups in total. The first-order valence-corrected chi connectivity index (χ1v) is 7.40. The van der Waals surface area contributed by atoms with Crippen LogP contribution in [0.4, 0.5) is 5.69 Å². The molecule has 5 nitrogen and oxygen atoms in total. The lowest BCUT2D eigenvalue weighted by molar-refractivity contribution is 0.0398. The van der Waals surface area contributed by atoms with Crippen LogP contribution < -0.4 is 5.32 Å². The van der Waals surface area contributed by atoms with Gasteiger partial charge in [-0.1, -0.05) is 11.6 Å². The van der Waals surface area contributed by atoms with Crippen LogP contribution >= 0.6 is 23.3 Å². The van der Waals surface area contributed by atoms with Gasteiger partial charge >= 0.3 is 0 Å². The number of benzene rings is 1.